The van der Waals surface area contributed by atoms with Crippen molar-refractivity contribution in [3.63, 3.8) is 0 Å². The van der Waals surface area contributed by atoms with E-state index in [4.69, 9.17) is 9.84 Å². The molecule has 3 nitrogen and oxygen atoms in total. The second-order valence-corrected chi connectivity index (χ2v) is 4.21. The van der Waals surface area contributed by atoms with Gasteiger partial charge in [-0.05, 0) is 25.1 Å². The third-order valence-corrected chi connectivity index (χ3v) is 2.48. The van der Waals surface area contributed by atoms with Crippen LogP contribution >= 0.6 is 0 Å². The van der Waals surface area contributed by atoms with Gasteiger partial charge in [0.05, 0.1) is 13.2 Å². The summed E-state index contributed by atoms with van der Waals surface area (Å²) >= 11 is 0. The summed E-state index contributed by atoms with van der Waals surface area (Å²) in [6.07, 6.45) is -5.78. The Morgan fingerprint density at radius 3 is 2.71 bits per heavy atom. The van der Waals surface area contributed by atoms with E-state index in [0.29, 0.717) is 17.7 Å². The van der Waals surface area contributed by atoms with Crippen molar-refractivity contribution < 1.29 is 27.8 Å². The molecule has 1 aromatic rings. The number of alkyl halides is 3. The van der Waals surface area contributed by atoms with E-state index >= 15 is 0 Å². The van der Waals surface area contributed by atoms with Gasteiger partial charge in [0, 0.05) is 12.0 Å². The zero-order valence-electron chi connectivity index (χ0n) is 11.6. The zero-order chi connectivity index (χ0) is 15.7. The first-order valence-corrected chi connectivity index (χ1v) is 6.44. The van der Waals surface area contributed by atoms with Gasteiger partial charge in [0.15, 0.2) is 6.10 Å². The predicted octanol–water partition coefficient (Wildman–Crippen LogP) is 2.77. The fourth-order valence-corrected chi connectivity index (χ4v) is 1.36. The minimum Gasteiger partial charge on any atom is -0.491 e. The lowest BCUT2D eigenvalue weighted by molar-refractivity contribution is -0.215. The molecule has 0 heterocycles. The second kappa shape index (κ2) is 8.55. The third-order valence-electron chi connectivity index (χ3n) is 2.48. The Morgan fingerprint density at radius 2 is 2.05 bits per heavy atom. The highest BCUT2D eigenvalue weighted by atomic mass is 19.4. The number of halogens is 3. The summed E-state index contributed by atoms with van der Waals surface area (Å²) in [5.41, 5.74) is 0.713. The van der Waals surface area contributed by atoms with Gasteiger partial charge >= 0.3 is 6.18 Å². The van der Waals surface area contributed by atoms with E-state index in [1.165, 1.54) is 0 Å². The summed E-state index contributed by atoms with van der Waals surface area (Å²) in [4.78, 5) is 0. The van der Waals surface area contributed by atoms with Crippen LogP contribution in [0.2, 0.25) is 0 Å². The molecule has 6 heteroatoms. The van der Waals surface area contributed by atoms with Crippen LogP contribution in [0.5, 0.6) is 5.75 Å². The van der Waals surface area contributed by atoms with Crippen LogP contribution in [0.1, 0.15) is 18.9 Å². The van der Waals surface area contributed by atoms with Gasteiger partial charge < -0.3 is 14.6 Å². The average molecular weight is 302 g/mol. The molecule has 1 rings (SSSR count). The molecule has 1 aromatic carbocycles. The van der Waals surface area contributed by atoms with Crippen molar-refractivity contribution in [2.75, 3.05) is 19.8 Å². The normalized spacial score (nSPS) is 12.4. The van der Waals surface area contributed by atoms with Crippen molar-refractivity contribution in [1.82, 2.24) is 0 Å². The molecule has 1 N–H and O–H groups in total. The maximum Gasteiger partial charge on any atom is 0.414 e. The van der Waals surface area contributed by atoms with Gasteiger partial charge in [-0.25, -0.2) is 0 Å². The third kappa shape index (κ3) is 7.02. The van der Waals surface area contributed by atoms with E-state index in [0.717, 1.165) is 6.92 Å². The van der Waals surface area contributed by atoms with Gasteiger partial charge in [0.1, 0.15) is 12.4 Å². The Balaban J connectivity index is 2.39. The fourth-order valence-electron chi connectivity index (χ4n) is 1.36. The molecule has 0 fully saturated rings. The van der Waals surface area contributed by atoms with E-state index in [9.17, 15) is 13.2 Å². The summed E-state index contributed by atoms with van der Waals surface area (Å²) < 4.78 is 46.5. The van der Waals surface area contributed by atoms with Crippen LogP contribution in [0.25, 0.3) is 0 Å². The van der Waals surface area contributed by atoms with Crippen LogP contribution in [0, 0.1) is 11.8 Å². The van der Waals surface area contributed by atoms with Crippen molar-refractivity contribution in [2.45, 2.75) is 25.6 Å². The van der Waals surface area contributed by atoms with Gasteiger partial charge in [-0.3, -0.25) is 0 Å². The molecular weight excluding hydrogens is 285 g/mol. The van der Waals surface area contributed by atoms with E-state index < -0.39 is 12.3 Å². The lowest BCUT2D eigenvalue weighted by atomic mass is 10.2. The van der Waals surface area contributed by atoms with E-state index in [1.54, 1.807) is 24.3 Å². The van der Waals surface area contributed by atoms with Crippen molar-refractivity contribution in [3.05, 3.63) is 29.8 Å². The largest absolute Gasteiger partial charge is 0.491 e. The molecular formula is C15H17F3O3. The average Bonchev–Trinajstić information content (AvgIpc) is 2.43. The molecule has 0 bridgehead atoms. The van der Waals surface area contributed by atoms with Crippen LogP contribution in [-0.2, 0) is 4.74 Å². The maximum absolute atomic E-state index is 12.2. The number of aliphatic hydroxyl groups excluding tert-OH is 1. The summed E-state index contributed by atoms with van der Waals surface area (Å²) in [7, 11) is 0. The van der Waals surface area contributed by atoms with E-state index in [2.05, 4.69) is 16.6 Å². The zero-order valence-corrected chi connectivity index (χ0v) is 11.6. The Morgan fingerprint density at radius 1 is 1.29 bits per heavy atom. The van der Waals surface area contributed by atoms with E-state index in [-0.39, 0.29) is 19.8 Å². The Kier molecular flexibility index (Phi) is 7.06. The minimum absolute atomic E-state index is 0.00206. The highest BCUT2D eigenvalue weighted by Gasteiger charge is 2.36. The summed E-state index contributed by atoms with van der Waals surface area (Å²) in [6, 6.07) is 6.87. The summed E-state index contributed by atoms with van der Waals surface area (Å²) in [5, 5.41) is 8.62. The van der Waals surface area contributed by atoms with Crippen LogP contribution in [0.15, 0.2) is 24.3 Å². The molecule has 21 heavy (non-hydrogen) atoms. The minimum atomic E-state index is -4.36. The molecule has 0 spiro atoms. The molecule has 0 radical (unpaired) electrons. The molecule has 0 saturated carbocycles. The molecule has 0 aliphatic heterocycles. The van der Waals surface area contributed by atoms with Crippen LogP contribution in [-0.4, -0.2) is 37.2 Å². The van der Waals surface area contributed by atoms with Crippen LogP contribution in [0.4, 0.5) is 13.2 Å². The quantitative estimate of drug-likeness (QED) is 0.649. The fraction of sp³-hybridized carbons (Fsp3) is 0.467. The molecule has 116 valence electrons. The molecule has 0 amide bonds. The first-order chi connectivity index (χ1) is 9.93. The summed E-state index contributed by atoms with van der Waals surface area (Å²) in [6.45, 7) is 0.824. The van der Waals surface area contributed by atoms with Crippen LogP contribution < -0.4 is 4.74 Å². The first kappa shape index (κ1) is 17.3. The second-order valence-electron chi connectivity index (χ2n) is 4.21. The van der Waals surface area contributed by atoms with Gasteiger partial charge in [0.2, 0.25) is 0 Å². The number of aliphatic hydroxyl groups is 1. The molecule has 0 aromatic heterocycles. The maximum atomic E-state index is 12.2. The standard InChI is InChI=1S/C15H17F3O3/c1-12(15(16,17)18)20-9-10-21-14-7-4-6-13(11-14)5-2-3-8-19/h4,6-7,11-12,19H,3,8-10H2,1H3. The predicted molar refractivity (Wildman–Crippen MR) is 72.0 cm³/mol. The van der Waals surface area contributed by atoms with Crippen LogP contribution in [0.3, 0.4) is 0 Å². The topological polar surface area (TPSA) is 38.7 Å². The number of hydrogen-bond donors (Lipinski definition) is 1. The highest BCUT2D eigenvalue weighted by Crippen LogP contribution is 2.22. The van der Waals surface area contributed by atoms with Gasteiger partial charge in [-0.15, -0.1) is 0 Å². The van der Waals surface area contributed by atoms with E-state index in [1.807, 2.05) is 0 Å². The molecule has 0 aliphatic rings. The number of ether oxygens (including phenoxy) is 2. The molecule has 1 atom stereocenters. The smallest absolute Gasteiger partial charge is 0.414 e. The Hall–Kier alpha value is -1.71. The first-order valence-electron chi connectivity index (χ1n) is 6.44. The number of rotatable bonds is 6. The number of hydrogen-bond acceptors (Lipinski definition) is 3. The lowest BCUT2D eigenvalue weighted by Crippen LogP contribution is -2.29. The highest BCUT2D eigenvalue weighted by molar-refractivity contribution is 5.39. The summed E-state index contributed by atoms with van der Waals surface area (Å²) in [5.74, 6) is 6.13. The van der Waals surface area contributed by atoms with Gasteiger partial charge in [0.25, 0.3) is 0 Å². The van der Waals surface area contributed by atoms with Crippen molar-refractivity contribution >= 4 is 0 Å². The monoisotopic (exact) mass is 302 g/mol. The Labute approximate surface area is 121 Å². The molecule has 0 aliphatic carbocycles. The molecule has 0 saturated heterocycles. The lowest BCUT2D eigenvalue weighted by Gasteiger charge is -2.16. The SMILES string of the molecule is CC(OCCOc1cccc(C#CCCO)c1)C(F)(F)F. The van der Waals surface area contributed by atoms with Gasteiger partial charge in [-0.1, -0.05) is 17.9 Å². The van der Waals surface area contributed by atoms with Crippen molar-refractivity contribution in [3.8, 4) is 17.6 Å². The van der Waals surface area contributed by atoms with Crippen molar-refractivity contribution in [2.24, 2.45) is 0 Å². The Bertz CT molecular complexity index is 489. The molecule has 1 unspecified atom stereocenters. The van der Waals surface area contributed by atoms with Gasteiger partial charge in [-0.2, -0.15) is 13.2 Å². The van der Waals surface area contributed by atoms with Crippen molar-refractivity contribution in [1.29, 1.82) is 0 Å². The number of benzene rings is 1.